The first-order valence-corrected chi connectivity index (χ1v) is 3.03. The Morgan fingerprint density at radius 2 is 2.10 bits per heavy atom. The molecule has 0 unspecified atom stereocenters. The van der Waals surface area contributed by atoms with Gasteiger partial charge in [0, 0.05) is 0 Å². The predicted molar refractivity (Wildman–Crippen MR) is 36.0 cm³/mol. The van der Waals surface area contributed by atoms with Crippen molar-refractivity contribution in [3.63, 3.8) is 0 Å². The fraction of sp³-hybridized carbons (Fsp3) is 0.571. The van der Waals surface area contributed by atoms with E-state index in [4.69, 9.17) is 0 Å². The van der Waals surface area contributed by atoms with Gasteiger partial charge in [0.25, 0.3) is 0 Å². The molecule has 0 aromatic rings. The first kappa shape index (κ1) is 9.14. The van der Waals surface area contributed by atoms with Crippen LogP contribution in [0.3, 0.4) is 0 Å². The van der Waals surface area contributed by atoms with Crippen LogP contribution in [0.25, 0.3) is 0 Å². The van der Waals surface area contributed by atoms with E-state index in [0.29, 0.717) is 0 Å². The summed E-state index contributed by atoms with van der Waals surface area (Å²) in [6, 6.07) is 0. The van der Waals surface area contributed by atoms with Gasteiger partial charge in [-0.15, -0.1) is 0 Å². The van der Waals surface area contributed by atoms with Crippen LogP contribution in [0, 0.1) is 5.92 Å². The average molecular weight is 146 g/mol. The Morgan fingerprint density at radius 1 is 1.60 bits per heavy atom. The number of carbonyl (C=O) groups is 1. The van der Waals surface area contributed by atoms with Gasteiger partial charge in [0.2, 0.25) is 5.83 Å². The predicted octanol–water partition coefficient (Wildman–Crippen LogP) is 1.67. The van der Waals surface area contributed by atoms with Crippen LogP contribution in [0.4, 0.5) is 4.39 Å². The van der Waals surface area contributed by atoms with Crippen molar-refractivity contribution in [2.24, 2.45) is 5.92 Å². The Morgan fingerprint density at radius 3 is 2.40 bits per heavy atom. The Kier molecular flexibility index (Phi) is 3.69. The molecule has 10 heavy (non-hydrogen) atoms. The molecular formula is C7H11FO2. The zero-order valence-corrected chi connectivity index (χ0v) is 6.35. The van der Waals surface area contributed by atoms with E-state index in [0.717, 1.165) is 7.11 Å². The summed E-state index contributed by atoms with van der Waals surface area (Å²) in [7, 11) is 1.15. The summed E-state index contributed by atoms with van der Waals surface area (Å²) in [5.41, 5.74) is 0. The lowest BCUT2D eigenvalue weighted by Crippen LogP contribution is -2.01. The standard InChI is InChI=1S/C7H11FO2/c1-5(2)4-6(8)7(9)10-3/h4-5H,1-3H3/b6-4-. The molecule has 0 atom stereocenters. The molecule has 0 heterocycles. The molecule has 0 aromatic carbocycles. The molecule has 0 N–H and O–H groups in total. The van der Waals surface area contributed by atoms with Gasteiger partial charge in [0.1, 0.15) is 0 Å². The van der Waals surface area contributed by atoms with Crippen molar-refractivity contribution in [1.82, 2.24) is 0 Å². The van der Waals surface area contributed by atoms with E-state index in [1.807, 2.05) is 0 Å². The first-order valence-electron chi connectivity index (χ1n) is 3.03. The molecule has 0 radical (unpaired) electrons. The van der Waals surface area contributed by atoms with Gasteiger partial charge in [-0.25, -0.2) is 4.79 Å². The fourth-order valence-corrected chi connectivity index (χ4v) is 0.458. The van der Waals surface area contributed by atoms with E-state index in [1.165, 1.54) is 6.08 Å². The Hall–Kier alpha value is -0.860. The molecule has 0 spiro atoms. The highest BCUT2D eigenvalue weighted by Crippen LogP contribution is 2.04. The van der Waals surface area contributed by atoms with Gasteiger partial charge in [-0.2, -0.15) is 4.39 Å². The van der Waals surface area contributed by atoms with E-state index < -0.39 is 11.8 Å². The summed E-state index contributed by atoms with van der Waals surface area (Å²) in [6.45, 7) is 3.56. The molecule has 58 valence electrons. The highest BCUT2D eigenvalue weighted by atomic mass is 19.1. The maximum Gasteiger partial charge on any atom is 0.366 e. The molecular weight excluding hydrogens is 135 g/mol. The topological polar surface area (TPSA) is 26.3 Å². The van der Waals surface area contributed by atoms with Gasteiger partial charge in [-0.05, 0) is 12.0 Å². The zero-order valence-electron chi connectivity index (χ0n) is 6.35. The van der Waals surface area contributed by atoms with Crippen molar-refractivity contribution >= 4 is 5.97 Å². The number of rotatable bonds is 2. The van der Waals surface area contributed by atoms with Crippen LogP contribution in [0.5, 0.6) is 0 Å². The van der Waals surface area contributed by atoms with Crippen LogP contribution in [0.2, 0.25) is 0 Å². The summed E-state index contributed by atoms with van der Waals surface area (Å²) in [6.07, 6.45) is 1.21. The number of esters is 1. The minimum absolute atomic E-state index is 0.0269. The number of carbonyl (C=O) groups excluding carboxylic acids is 1. The molecule has 0 amide bonds. The van der Waals surface area contributed by atoms with Crippen LogP contribution in [0.15, 0.2) is 11.9 Å². The number of hydrogen-bond acceptors (Lipinski definition) is 2. The number of methoxy groups -OCH3 is 1. The van der Waals surface area contributed by atoms with Crippen molar-refractivity contribution in [3.05, 3.63) is 11.9 Å². The summed E-state index contributed by atoms with van der Waals surface area (Å²) >= 11 is 0. The second kappa shape index (κ2) is 4.04. The van der Waals surface area contributed by atoms with Gasteiger partial charge in [-0.1, -0.05) is 13.8 Å². The minimum Gasteiger partial charge on any atom is -0.464 e. The molecule has 0 saturated carbocycles. The lowest BCUT2D eigenvalue weighted by molar-refractivity contribution is -0.137. The van der Waals surface area contributed by atoms with Crippen molar-refractivity contribution in [3.8, 4) is 0 Å². The molecule has 0 fully saturated rings. The molecule has 3 heteroatoms. The molecule has 0 aliphatic rings. The zero-order chi connectivity index (χ0) is 8.15. The molecule has 0 aliphatic carbocycles. The molecule has 0 aliphatic heterocycles. The smallest absolute Gasteiger partial charge is 0.366 e. The van der Waals surface area contributed by atoms with E-state index in [2.05, 4.69) is 4.74 Å². The maximum atomic E-state index is 12.4. The maximum absolute atomic E-state index is 12.4. The third-order valence-corrected chi connectivity index (χ3v) is 0.860. The van der Waals surface area contributed by atoms with Crippen LogP contribution >= 0.6 is 0 Å². The van der Waals surface area contributed by atoms with Crippen molar-refractivity contribution in [2.45, 2.75) is 13.8 Å². The fourth-order valence-electron chi connectivity index (χ4n) is 0.458. The van der Waals surface area contributed by atoms with Crippen molar-refractivity contribution in [2.75, 3.05) is 7.11 Å². The molecule has 0 saturated heterocycles. The molecule has 0 rings (SSSR count). The lowest BCUT2D eigenvalue weighted by Gasteiger charge is -1.96. The van der Waals surface area contributed by atoms with Gasteiger partial charge < -0.3 is 4.74 Å². The van der Waals surface area contributed by atoms with Crippen molar-refractivity contribution in [1.29, 1.82) is 0 Å². The second-order valence-electron chi connectivity index (χ2n) is 2.25. The number of ether oxygens (including phenoxy) is 1. The van der Waals surface area contributed by atoms with E-state index in [1.54, 1.807) is 13.8 Å². The highest BCUT2D eigenvalue weighted by molar-refractivity contribution is 5.85. The van der Waals surface area contributed by atoms with Crippen LogP contribution in [0.1, 0.15) is 13.8 Å². The van der Waals surface area contributed by atoms with Crippen LogP contribution < -0.4 is 0 Å². The summed E-state index contributed by atoms with van der Waals surface area (Å²) in [5, 5.41) is 0. The van der Waals surface area contributed by atoms with E-state index >= 15 is 0 Å². The minimum atomic E-state index is -0.909. The molecule has 0 bridgehead atoms. The Balaban J connectivity index is 4.05. The number of hydrogen-bond donors (Lipinski definition) is 0. The average Bonchev–Trinajstić information content (AvgIpc) is 1.85. The van der Waals surface area contributed by atoms with Gasteiger partial charge in [0.15, 0.2) is 0 Å². The third kappa shape index (κ3) is 3.22. The quantitative estimate of drug-likeness (QED) is 0.437. The van der Waals surface area contributed by atoms with E-state index in [9.17, 15) is 9.18 Å². The second-order valence-corrected chi connectivity index (χ2v) is 2.25. The number of allylic oxidation sites excluding steroid dienone is 1. The van der Waals surface area contributed by atoms with Crippen LogP contribution in [-0.4, -0.2) is 13.1 Å². The van der Waals surface area contributed by atoms with E-state index in [-0.39, 0.29) is 5.92 Å². The monoisotopic (exact) mass is 146 g/mol. The summed E-state index contributed by atoms with van der Waals surface area (Å²) in [4.78, 5) is 10.4. The van der Waals surface area contributed by atoms with Gasteiger partial charge in [0.05, 0.1) is 7.11 Å². The third-order valence-electron chi connectivity index (χ3n) is 0.860. The Bertz CT molecular complexity index is 150. The van der Waals surface area contributed by atoms with Gasteiger partial charge >= 0.3 is 5.97 Å². The van der Waals surface area contributed by atoms with Crippen molar-refractivity contribution < 1.29 is 13.9 Å². The summed E-state index contributed by atoms with van der Waals surface area (Å²) in [5.74, 6) is -1.70. The Labute approximate surface area is 59.7 Å². The SMILES string of the molecule is COC(=O)/C(F)=C/C(C)C. The molecule has 0 aromatic heterocycles. The summed E-state index contributed by atoms with van der Waals surface area (Å²) < 4.78 is 16.6. The van der Waals surface area contributed by atoms with Crippen LogP contribution in [-0.2, 0) is 9.53 Å². The largest absolute Gasteiger partial charge is 0.464 e. The highest BCUT2D eigenvalue weighted by Gasteiger charge is 2.07. The molecule has 2 nitrogen and oxygen atoms in total. The number of halogens is 1. The van der Waals surface area contributed by atoms with Gasteiger partial charge in [-0.3, -0.25) is 0 Å². The lowest BCUT2D eigenvalue weighted by atomic mass is 10.2. The first-order chi connectivity index (χ1) is 4.57. The normalized spacial score (nSPS) is 11.9.